The highest BCUT2D eigenvalue weighted by molar-refractivity contribution is 5.87. The number of carbonyl (C=O) groups is 2. The number of aliphatic hydroxyl groups is 1. The third-order valence-corrected chi connectivity index (χ3v) is 2.71. The van der Waals surface area contributed by atoms with Gasteiger partial charge in [-0.15, -0.1) is 0 Å². The van der Waals surface area contributed by atoms with Crippen molar-refractivity contribution in [3.05, 3.63) is 24.3 Å². The van der Waals surface area contributed by atoms with E-state index in [2.05, 4.69) is 13.2 Å². The molecule has 0 saturated heterocycles. The van der Waals surface area contributed by atoms with Crippen LogP contribution >= 0.6 is 0 Å². The first kappa shape index (κ1) is 20.3. The highest BCUT2D eigenvalue weighted by Crippen LogP contribution is 2.15. The molecule has 0 amide bonds. The van der Waals surface area contributed by atoms with Gasteiger partial charge in [0.25, 0.3) is 0 Å². The van der Waals surface area contributed by atoms with Crippen LogP contribution in [0.5, 0.6) is 0 Å². The molecule has 0 saturated carbocycles. The molecule has 0 spiro atoms. The molecule has 0 aromatic carbocycles. The molecule has 0 aromatic heterocycles. The number of carbonyl (C=O) groups excluding carboxylic acids is 2. The Morgan fingerprint density at radius 2 is 1.55 bits per heavy atom. The Labute approximate surface area is 131 Å². The number of ether oxygens (including phenoxy) is 3. The van der Waals surface area contributed by atoms with Gasteiger partial charge in [-0.1, -0.05) is 13.2 Å². The zero-order valence-corrected chi connectivity index (χ0v) is 13.8. The van der Waals surface area contributed by atoms with Gasteiger partial charge >= 0.3 is 11.9 Å². The van der Waals surface area contributed by atoms with E-state index in [4.69, 9.17) is 14.2 Å². The van der Waals surface area contributed by atoms with Crippen molar-refractivity contribution >= 4 is 11.9 Å². The summed E-state index contributed by atoms with van der Waals surface area (Å²) in [4.78, 5) is 22.4. The summed E-state index contributed by atoms with van der Waals surface area (Å²) < 4.78 is 15.4. The zero-order valence-electron chi connectivity index (χ0n) is 13.8. The van der Waals surface area contributed by atoms with Gasteiger partial charge in [-0.05, 0) is 27.7 Å². The van der Waals surface area contributed by atoms with Crippen LogP contribution in [0.3, 0.4) is 0 Å². The third kappa shape index (κ3) is 9.31. The molecule has 6 heteroatoms. The Bertz CT molecular complexity index is 424. The molecule has 1 atom stereocenters. The fourth-order valence-corrected chi connectivity index (χ4v) is 1.25. The smallest absolute Gasteiger partial charge is 0.333 e. The van der Waals surface area contributed by atoms with Crippen molar-refractivity contribution in [2.24, 2.45) is 0 Å². The van der Waals surface area contributed by atoms with Crippen molar-refractivity contribution in [1.82, 2.24) is 0 Å². The molecule has 126 valence electrons. The van der Waals surface area contributed by atoms with Gasteiger partial charge in [0, 0.05) is 17.6 Å². The molecule has 0 fully saturated rings. The van der Waals surface area contributed by atoms with Gasteiger partial charge in [0.1, 0.15) is 12.7 Å². The van der Waals surface area contributed by atoms with E-state index < -0.39 is 23.6 Å². The number of aliphatic hydroxyl groups excluding tert-OH is 1. The second kappa shape index (κ2) is 9.38. The quantitative estimate of drug-likeness (QED) is 0.489. The maximum atomic E-state index is 11.2. The lowest BCUT2D eigenvalue weighted by molar-refractivity contribution is -0.145. The summed E-state index contributed by atoms with van der Waals surface area (Å²) in [5, 5.41) is 9.70. The molecule has 0 heterocycles. The highest BCUT2D eigenvalue weighted by atomic mass is 16.6. The molecular formula is C16H26O6. The SMILES string of the molecule is C=C(C)C(=O)OCCC(C)(C)OCC(O)COC(=O)C(=C)C. The third-order valence-electron chi connectivity index (χ3n) is 2.71. The zero-order chi connectivity index (χ0) is 17.3. The first-order valence-corrected chi connectivity index (χ1v) is 7.02. The first-order chi connectivity index (χ1) is 10.0. The highest BCUT2D eigenvalue weighted by Gasteiger charge is 2.21. The van der Waals surface area contributed by atoms with Gasteiger partial charge in [-0.2, -0.15) is 0 Å². The summed E-state index contributed by atoms with van der Waals surface area (Å²) in [7, 11) is 0. The Kier molecular flexibility index (Phi) is 8.67. The van der Waals surface area contributed by atoms with Gasteiger partial charge in [0.05, 0.1) is 18.8 Å². The Morgan fingerprint density at radius 1 is 1.05 bits per heavy atom. The molecule has 6 nitrogen and oxygen atoms in total. The topological polar surface area (TPSA) is 82.1 Å². The van der Waals surface area contributed by atoms with E-state index in [-0.39, 0.29) is 25.4 Å². The lowest BCUT2D eigenvalue weighted by Gasteiger charge is -2.26. The van der Waals surface area contributed by atoms with Crippen molar-refractivity contribution in [2.75, 3.05) is 19.8 Å². The Hall–Kier alpha value is -1.66. The van der Waals surface area contributed by atoms with E-state index in [1.807, 2.05) is 13.8 Å². The minimum absolute atomic E-state index is 0.00486. The fraction of sp³-hybridized carbons (Fsp3) is 0.625. The monoisotopic (exact) mass is 314 g/mol. The summed E-state index contributed by atoms with van der Waals surface area (Å²) >= 11 is 0. The molecular weight excluding hydrogens is 288 g/mol. The second-order valence-electron chi connectivity index (χ2n) is 5.77. The van der Waals surface area contributed by atoms with Gasteiger partial charge in [0.2, 0.25) is 0 Å². The van der Waals surface area contributed by atoms with Crippen LogP contribution in [0, 0.1) is 0 Å². The van der Waals surface area contributed by atoms with Gasteiger partial charge in [0.15, 0.2) is 0 Å². The largest absolute Gasteiger partial charge is 0.462 e. The van der Waals surface area contributed by atoms with Crippen LogP contribution < -0.4 is 0 Å². The van der Waals surface area contributed by atoms with Crippen molar-refractivity contribution in [2.45, 2.75) is 45.8 Å². The maximum absolute atomic E-state index is 11.2. The van der Waals surface area contributed by atoms with Crippen LogP contribution in [0.2, 0.25) is 0 Å². The number of rotatable bonds is 10. The Balaban J connectivity index is 4.00. The molecule has 0 aliphatic rings. The predicted molar refractivity (Wildman–Crippen MR) is 82.2 cm³/mol. The van der Waals surface area contributed by atoms with Gasteiger partial charge in [-0.25, -0.2) is 9.59 Å². The van der Waals surface area contributed by atoms with Crippen LogP contribution in [0.1, 0.15) is 34.1 Å². The molecule has 22 heavy (non-hydrogen) atoms. The van der Waals surface area contributed by atoms with E-state index in [1.54, 1.807) is 6.92 Å². The summed E-state index contributed by atoms with van der Waals surface area (Å²) in [6.45, 7) is 13.7. The standard InChI is InChI=1S/C16H26O6/c1-11(2)14(18)20-8-7-16(5,6)22-10-13(17)9-21-15(19)12(3)4/h13,17H,1,3,7-10H2,2,4-6H3. The number of hydrogen-bond acceptors (Lipinski definition) is 6. The number of esters is 2. The summed E-state index contributed by atoms with van der Waals surface area (Å²) in [5.41, 5.74) is 0.0237. The van der Waals surface area contributed by atoms with Crippen molar-refractivity contribution < 1.29 is 28.9 Å². The van der Waals surface area contributed by atoms with Crippen LogP contribution in [-0.4, -0.2) is 48.6 Å². The minimum atomic E-state index is -0.930. The molecule has 0 aliphatic heterocycles. The first-order valence-electron chi connectivity index (χ1n) is 7.02. The Morgan fingerprint density at radius 3 is 2.05 bits per heavy atom. The average molecular weight is 314 g/mol. The van der Waals surface area contributed by atoms with E-state index >= 15 is 0 Å². The number of hydrogen-bond donors (Lipinski definition) is 1. The summed E-state index contributed by atoms with van der Waals surface area (Å²) in [5.74, 6) is -0.993. The lowest BCUT2D eigenvalue weighted by Crippen LogP contribution is -2.33. The molecule has 1 unspecified atom stereocenters. The minimum Gasteiger partial charge on any atom is -0.462 e. The van der Waals surface area contributed by atoms with Crippen LogP contribution in [0.25, 0.3) is 0 Å². The normalized spacial score (nSPS) is 12.4. The maximum Gasteiger partial charge on any atom is 0.333 e. The molecule has 0 radical (unpaired) electrons. The van der Waals surface area contributed by atoms with Crippen molar-refractivity contribution in [3.8, 4) is 0 Å². The molecule has 1 N–H and O–H groups in total. The predicted octanol–water partition coefficient (Wildman–Crippen LogP) is 1.77. The summed E-state index contributed by atoms with van der Waals surface area (Å²) in [6, 6.07) is 0. The van der Waals surface area contributed by atoms with Crippen molar-refractivity contribution in [3.63, 3.8) is 0 Å². The molecule has 0 aromatic rings. The lowest BCUT2D eigenvalue weighted by atomic mass is 10.1. The van der Waals surface area contributed by atoms with Crippen molar-refractivity contribution in [1.29, 1.82) is 0 Å². The second-order valence-corrected chi connectivity index (χ2v) is 5.77. The average Bonchev–Trinajstić information content (AvgIpc) is 2.41. The summed E-state index contributed by atoms with van der Waals surface area (Å²) in [6.07, 6.45) is -0.467. The van der Waals surface area contributed by atoms with Crippen LogP contribution in [0.4, 0.5) is 0 Å². The van der Waals surface area contributed by atoms with Crippen LogP contribution in [-0.2, 0) is 23.8 Å². The van der Waals surface area contributed by atoms with Gasteiger partial charge < -0.3 is 19.3 Å². The van der Waals surface area contributed by atoms with E-state index in [0.29, 0.717) is 12.0 Å². The van der Waals surface area contributed by atoms with E-state index in [0.717, 1.165) is 0 Å². The van der Waals surface area contributed by atoms with E-state index in [1.165, 1.54) is 6.92 Å². The van der Waals surface area contributed by atoms with Crippen LogP contribution in [0.15, 0.2) is 24.3 Å². The fourth-order valence-electron chi connectivity index (χ4n) is 1.25. The van der Waals surface area contributed by atoms with Gasteiger partial charge in [-0.3, -0.25) is 0 Å². The van der Waals surface area contributed by atoms with E-state index in [9.17, 15) is 14.7 Å². The molecule has 0 bridgehead atoms. The molecule has 0 rings (SSSR count). The molecule has 0 aliphatic carbocycles.